The van der Waals surface area contributed by atoms with Crippen molar-refractivity contribution in [3.05, 3.63) is 39.8 Å². The number of esters is 1. The lowest BCUT2D eigenvalue weighted by atomic mass is 10.1. The fraction of sp³-hybridized carbons (Fsp3) is 0.350. The summed E-state index contributed by atoms with van der Waals surface area (Å²) < 4.78 is 43.5. The van der Waals surface area contributed by atoms with Gasteiger partial charge in [-0.3, -0.25) is 9.59 Å². The molecule has 166 valence electrons. The first-order chi connectivity index (χ1) is 14.5. The predicted octanol–water partition coefficient (Wildman–Crippen LogP) is 4.87. The topological polar surface area (TPSA) is 84.5 Å². The Morgan fingerprint density at radius 2 is 2.00 bits per heavy atom. The lowest BCUT2D eigenvalue weighted by Crippen LogP contribution is -2.32. The Labute approximate surface area is 184 Å². The highest BCUT2D eigenvalue weighted by atomic mass is 32.2. The standard InChI is InChI=1S/C20H19F3N2O4S2/c1-4-11-9(2)30-18(16(11)19(28)29-3)25-15(26)8-14-17(27)24-12-7-10(20(21,22)23)5-6-13(12)31-14/h5-7,14H,4,8H2,1-3H3,(H,24,27)(H,25,26)/t14-/m1/s1. The van der Waals surface area contributed by atoms with Crippen LogP contribution in [-0.2, 0) is 26.9 Å². The Morgan fingerprint density at radius 3 is 2.61 bits per heavy atom. The zero-order valence-electron chi connectivity index (χ0n) is 16.8. The van der Waals surface area contributed by atoms with Gasteiger partial charge in [-0.05, 0) is 37.1 Å². The molecule has 11 heteroatoms. The molecule has 3 rings (SSSR count). The fourth-order valence-electron chi connectivity index (χ4n) is 3.22. The number of thiophene rings is 1. The van der Waals surface area contributed by atoms with Gasteiger partial charge in [-0.2, -0.15) is 13.2 Å². The van der Waals surface area contributed by atoms with Crippen LogP contribution in [0.2, 0.25) is 0 Å². The molecule has 2 heterocycles. The number of rotatable bonds is 5. The molecule has 0 bridgehead atoms. The van der Waals surface area contributed by atoms with Crippen LogP contribution in [0.25, 0.3) is 0 Å². The molecule has 1 aromatic heterocycles. The number of amides is 2. The second kappa shape index (κ2) is 8.91. The van der Waals surface area contributed by atoms with Gasteiger partial charge in [0.2, 0.25) is 11.8 Å². The minimum atomic E-state index is -4.52. The molecule has 0 saturated heterocycles. The molecule has 0 saturated carbocycles. The van der Waals surface area contributed by atoms with Crippen molar-refractivity contribution < 1.29 is 32.3 Å². The number of halogens is 3. The molecular formula is C20H19F3N2O4S2. The fourth-order valence-corrected chi connectivity index (χ4v) is 5.46. The van der Waals surface area contributed by atoms with E-state index in [9.17, 15) is 27.6 Å². The first-order valence-corrected chi connectivity index (χ1v) is 10.9. The average Bonchev–Trinajstić information content (AvgIpc) is 3.01. The van der Waals surface area contributed by atoms with Gasteiger partial charge in [0.1, 0.15) is 5.00 Å². The molecule has 2 aromatic rings. The number of anilines is 2. The second-order valence-corrected chi connectivity index (χ2v) is 9.21. The monoisotopic (exact) mass is 472 g/mol. The number of alkyl halides is 3. The van der Waals surface area contributed by atoms with E-state index in [4.69, 9.17) is 4.74 Å². The number of hydrogen-bond donors (Lipinski definition) is 2. The number of carbonyl (C=O) groups excluding carboxylic acids is 3. The molecule has 2 amide bonds. The lowest BCUT2D eigenvalue weighted by molar-refractivity contribution is -0.137. The highest BCUT2D eigenvalue weighted by molar-refractivity contribution is 8.01. The Kier molecular flexibility index (Phi) is 6.65. The van der Waals surface area contributed by atoms with Crippen molar-refractivity contribution in [1.29, 1.82) is 0 Å². The summed E-state index contributed by atoms with van der Waals surface area (Å²) in [6.07, 6.45) is -4.15. The largest absolute Gasteiger partial charge is 0.465 e. The summed E-state index contributed by atoms with van der Waals surface area (Å²) in [5.41, 5.74) is 0.285. The molecule has 2 N–H and O–H groups in total. The van der Waals surface area contributed by atoms with Crippen LogP contribution in [-0.4, -0.2) is 30.1 Å². The van der Waals surface area contributed by atoms with Crippen molar-refractivity contribution in [2.45, 2.75) is 43.0 Å². The number of carbonyl (C=O) groups is 3. The van der Waals surface area contributed by atoms with Gasteiger partial charge in [-0.25, -0.2) is 4.79 Å². The van der Waals surface area contributed by atoms with E-state index in [0.29, 0.717) is 21.9 Å². The van der Waals surface area contributed by atoms with Crippen LogP contribution in [0.4, 0.5) is 23.9 Å². The van der Waals surface area contributed by atoms with Crippen molar-refractivity contribution in [1.82, 2.24) is 0 Å². The molecule has 0 fully saturated rings. The Morgan fingerprint density at radius 1 is 1.29 bits per heavy atom. The van der Waals surface area contributed by atoms with Gasteiger partial charge in [0, 0.05) is 16.2 Å². The van der Waals surface area contributed by atoms with Gasteiger partial charge in [0.05, 0.1) is 29.2 Å². The van der Waals surface area contributed by atoms with Gasteiger partial charge in [-0.1, -0.05) is 6.92 Å². The van der Waals surface area contributed by atoms with Gasteiger partial charge in [0.25, 0.3) is 0 Å². The van der Waals surface area contributed by atoms with Crippen molar-refractivity contribution in [2.24, 2.45) is 0 Å². The van der Waals surface area contributed by atoms with Crippen LogP contribution in [0.15, 0.2) is 23.1 Å². The molecule has 0 unspecified atom stereocenters. The van der Waals surface area contributed by atoms with E-state index < -0.39 is 34.8 Å². The highest BCUT2D eigenvalue weighted by Crippen LogP contribution is 2.41. The summed E-state index contributed by atoms with van der Waals surface area (Å²) in [7, 11) is 1.25. The smallest absolute Gasteiger partial charge is 0.416 e. The summed E-state index contributed by atoms with van der Waals surface area (Å²) in [6, 6.07) is 3.09. The van der Waals surface area contributed by atoms with Crippen molar-refractivity contribution in [3.63, 3.8) is 0 Å². The van der Waals surface area contributed by atoms with E-state index in [1.807, 2.05) is 13.8 Å². The van der Waals surface area contributed by atoms with E-state index >= 15 is 0 Å². The van der Waals surface area contributed by atoms with E-state index in [1.165, 1.54) is 24.5 Å². The number of benzene rings is 1. The number of ether oxygens (including phenoxy) is 1. The van der Waals surface area contributed by atoms with Crippen LogP contribution < -0.4 is 10.6 Å². The van der Waals surface area contributed by atoms with E-state index in [0.717, 1.165) is 34.3 Å². The minimum Gasteiger partial charge on any atom is -0.465 e. The van der Waals surface area contributed by atoms with Crippen LogP contribution >= 0.6 is 23.1 Å². The van der Waals surface area contributed by atoms with Gasteiger partial charge in [0.15, 0.2) is 0 Å². The maximum Gasteiger partial charge on any atom is 0.416 e. The number of methoxy groups -OCH3 is 1. The summed E-state index contributed by atoms with van der Waals surface area (Å²) >= 11 is 2.27. The molecule has 1 aliphatic heterocycles. The van der Waals surface area contributed by atoms with E-state index in [-0.39, 0.29) is 12.1 Å². The van der Waals surface area contributed by atoms with Crippen molar-refractivity contribution in [2.75, 3.05) is 17.7 Å². The second-order valence-electron chi connectivity index (χ2n) is 6.74. The quantitative estimate of drug-likeness (QED) is 0.607. The van der Waals surface area contributed by atoms with Gasteiger partial charge < -0.3 is 15.4 Å². The van der Waals surface area contributed by atoms with Gasteiger partial charge in [-0.15, -0.1) is 23.1 Å². The van der Waals surface area contributed by atoms with E-state index in [2.05, 4.69) is 10.6 Å². The summed E-state index contributed by atoms with van der Waals surface area (Å²) in [4.78, 5) is 38.5. The first kappa shape index (κ1) is 23.1. The SMILES string of the molecule is CCc1c(C)sc(NC(=O)C[C@H]2Sc3ccc(C(F)(F)F)cc3NC2=O)c1C(=O)OC. The number of fused-ring (bicyclic) bond motifs is 1. The Bertz CT molecular complexity index is 1050. The summed E-state index contributed by atoms with van der Waals surface area (Å²) in [6.45, 7) is 3.72. The molecule has 0 aliphatic carbocycles. The van der Waals surface area contributed by atoms with Crippen LogP contribution in [0.1, 0.15) is 39.7 Å². The molecule has 31 heavy (non-hydrogen) atoms. The van der Waals surface area contributed by atoms with Crippen molar-refractivity contribution >= 4 is 51.6 Å². The molecule has 0 radical (unpaired) electrons. The predicted molar refractivity (Wildman–Crippen MR) is 113 cm³/mol. The number of aryl methyl sites for hydroxylation is 1. The number of nitrogens with one attached hydrogen (secondary N) is 2. The molecule has 6 nitrogen and oxygen atoms in total. The molecule has 1 aliphatic rings. The van der Waals surface area contributed by atoms with Crippen LogP contribution in [0.3, 0.4) is 0 Å². The Balaban J connectivity index is 1.75. The van der Waals surface area contributed by atoms with E-state index in [1.54, 1.807) is 0 Å². The molecule has 1 atom stereocenters. The van der Waals surface area contributed by atoms with Crippen LogP contribution in [0, 0.1) is 6.92 Å². The van der Waals surface area contributed by atoms with Gasteiger partial charge >= 0.3 is 12.1 Å². The van der Waals surface area contributed by atoms with Crippen molar-refractivity contribution in [3.8, 4) is 0 Å². The molecular weight excluding hydrogens is 453 g/mol. The normalized spacial score (nSPS) is 15.8. The summed E-state index contributed by atoms with van der Waals surface area (Å²) in [5.74, 6) is -1.61. The third kappa shape index (κ3) is 4.87. The summed E-state index contributed by atoms with van der Waals surface area (Å²) in [5, 5.41) is 4.65. The molecule has 0 spiro atoms. The maximum absolute atomic E-state index is 12.9. The number of thioether (sulfide) groups is 1. The zero-order valence-corrected chi connectivity index (χ0v) is 18.4. The van der Waals surface area contributed by atoms with Crippen LogP contribution in [0.5, 0.6) is 0 Å². The zero-order chi connectivity index (χ0) is 22.9. The Hall–Kier alpha value is -2.53. The third-order valence-electron chi connectivity index (χ3n) is 4.70. The maximum atomic E-state index is 12.9. The minimum absolute atomic E-state index is 0.0657. The first-order valence-electron chi connectivity index (χ1n) is 9.24. The highest BCUT2D eigenvalue weighted by Gasteiger charge is 2.34. The lowest BCUT2D eigenvalue weighted by Gasteiger charge is -2.24. The molecule has 1 aromatic carbocycles. The third-order valence-corrected chi connectivity index (χ3v) is 7.04. The number of hydrogen-bond acceptors (Lipinski definition) is 6. The average molecular weight is 473 g/mol.